The molecule has 1 aromatic heterocycles. The number of carbonyl (C=O) groups excluding carboxylic acids is 1. The third kappa shape index (κ3) is 3.13. The Morgan fingerprint density at radius 2 is 1.91 bits per heavy atom. The van der Waals surface area contributed by atoms with E-state index in [-0.39, 0.29) is 18.9 Å². The molecule has 3 N–H and O–H groups in total. The van der Waals surface area contributed by atoms with Crippen LogP contribution in [0.4, 0.5) is 0 Å². The quantitative estimate of drug-likeness (QED) is 0.735. The van der Waals surface area contributed by atoms with Gasteiger partial charge in [-0.3, -0.25) is 9.59 Å². The van der Waals surface area contributed by atoms with Crippen molar-refractivity contribution in [2.24, 2.45) is 5.41 Å². The summed E-state index contributed by atoms with van der Waals surface area (Å²) in [4.78, 5) is 26.7. The van der Waals surface area contributed by atoms with Crippen LogP contribution in [0.3, 0.4) is 0 Å². The lowest BCUT2D eigenvalue weighted by molar-refractivity contribution is -0.149. The summed E-state index contributed by atoms with van der Waals surface area (Å²) >= 11 is 0. The van der Waals surface area contributed by atoms with Crippen LogP contribution in [-0.2, 0) is 16.0 Å². The minimum Gasteiger partial charge on any atom is -0.481 e. The van der Waals surface area contributed by atoms with Crippen molar-refractivity contribution in [1.82, 2.24) is 10.3 Å². The molecule has 1 aromatic carbocycles. The molecule has 0 aliphatic rings. The lowest BCUT2D eigenvalue weighted by atomic mass is 9.82. The standard InChI is InChI=1S/C17H22N2O3/c1-3-17(4-2,16(21)22)11-19-15(20)9-12-10-18-14-8-6-5-7-13(12)14/h5-8,10,18H,3-4,9,11H2,1-2H3,(H,19,20)(H,21,22). The highest BCUT2D eigenvalue weighted by atomic mass is 16.4. The topological polar surface area (TPSA) is 82.2 Å². The molecule has 5 nitrogen and oxygen atoms in total. The molecule has 2 aromatic rings. The minimum absolute atomic E-state index is 0.155. The first-order chi connectivity index (χ1) is 10.5. The Kier molecular flexibility index (Phi) is 4.85. The zero-order valence-electron chi connectivity index (χ0n) is 13.0. The van der Waals surface area contributed by atoms with Crippen molar-refractivity contribution in [3.05, 3.63) is 36.0 Å². The van der Waals surface area contributed by atoms with Gasteiger partial charge in [-0.2, -0.15) is 0 Å². The van der Waals surface area contributed by atoms with Crippen LogP contribution in [0, 0.1) is 5.41 Å². The molecule has 1 heterocycles. The molecule has 0 aliphatic heterocycles. The molecule has 5 heteroatoms. The van der Waals surface area contributed by atoms with Crippen LogP contribution in [0.15, 0.2) is 30.5 Å². The second kappa shape index (κ2) is 6.64. The van der Waals surface area contributed by atoms with Gasteiger partial charge in [0.05, 0.1) is 11.8 Å². The Labute approximate surface area is 129 Å². The van der Waals surface area contributed by atoms with Crippen LogP contribution in [0.2, 0.25) is 0 Å². The molecule has 0 fully saturated rings. The van der Waals surface area contributed by atoms with Gasteiger partial charge in [0.15, 0.2) is 0 Å². The number of nitrogens with one attached hydrogen (secondary N) is 2. The number of hydrogen-bond donors (Lipinski definition) is 3. The second-order valence-electron chi connectivity index (χ2n) is 5.61. The molecule has 1 amide bonds. The van der Waals surface area contributed by atoms with Crippen LogP contribution in [0.25, 0.3) is 10.9 Å². The summed E-state index contributed by atoms with van der Waals surface area (Å²) in [6.07, 6.45) is 3.06. The number of para-hydroxylation sites is 1. The summed E-state index contributed by atoms with van der Waals surface area (Å²) < 4.78 is 0. The van der Waals surface area contributed by atoms with Gasteiger partial charge in [0, 0.05) is 23.6 Å². The van der Waals surface area contributed by atoms with Crippen LogP contribution in [-0.4, -0.2) is 28.5 Å². The van der Waals surface area contributed by atoms with E-state index in [1.54, 1.807) is 0 Å². The van der Waals surface area contributed by atoms with Crippen LogP contribution < -0.4 is 5.32 Å². The van der Waals surface area contributed by atoms with Gasteiger partial charge in [-0.05, 0) is 24.5 Å². The Morgan fingerprint density at radius 3 is 2.55 bits per heavy atom. The summed E-state index contributed by atoms with van der Waals surface area (Å²) in [6.45, 7) is 3.84. The van der Waals surface area contributed by atoms with E-state index >= 15 is 0 Å². The monoisotopic (exact) mass is 302 g/mol. The lowest BCUT2D eigenvalue weighted by Crippen LogP contribution is -2.42. The number of carboxylic acids is 1. The van der Waals surface area contributed by atoms with Crippen molar-refractivity contribution in [2.45, 2.75) is 33.1 Å². The first kappa shape index (κ1) is 16.1. The Morgan fingerprint density at radius 1 is 1.23 bits per heavy atom. The number of hydrogen-bond acceptors (Lipinski definition) is 2. The highest BCUT2D eigenvalue weighted by Gasteiger charge is 2.35. The highest BCUT2D eigenvalue weighted by Crippen LogP contribution is 2.25. The summed E-state index contributed by atoms with van der Waals surface area (Å²) in [7, 11) is 0. The Bertz CT molecular complexity index is 671. The predicted octanol–water partition coefficient (Wildman–Crippen LogP) is 2.72. The normalized spacial score (nSPS) is 11.5. The number of carboxylic acid groups (broad SMARTS) is 1. The fourth-order valence-electron chi connectivity index (χ4n) is 2.66. The third-order valence-electron chi connectivity index (χ3n) is 4.46. The first-order valence-corrected chi connectivity index (χ1v) is 7.57. The number of fused-ring (bicyclic) bond motifs is 1. The van der Waals surface area contributed by atoms with Crippen LogP contribution in [0.1, 0.15) is 32.3 Å². The van der Waals surface area contributed by atoms with E-state index < -0.39 is 11.4 Å². The van der Waals surface area contributed by atoms with Gasteiger partial charge in [0.25, 0.3) is 0 Å². The first-order valence-electron chi connectivity index (χ1n) is 7.57. The molecule has 22 heavy (non-hydrogen) atoms. The maximum Gasteiger partial charge on any atom is 0.311 e. The van der Waals surface area contributed by atoms with Crippen molar-refractivity contribution >= 4 is 22.8 Å². The number of carbonyl (C=O) groups is 2. The van der Waals surface area contributed by atoms with Crippen LogP contribution in [0.5, 0.6) is 0 Å². The average molecular weight is 302 g/mol. The molecule has 0 bridgehead atoms. The number of rotatable bonds is 7. The molecule has 0 unspecified atom stereocenters. The van der Waals surface area contributed by atoms with Gasteiger partial charge in [-0.15, -0.1) is 0 Å². The van der Waals surface area contributed by atoms with Gasteiger partial charge < -0.3 is 15.4 Å². The summed E-state index contributed by atoms with van der Waals surface area (Å²) in [5.41, 5.74) is 1.03. The maximum absolute atomic E-state index is 12.1. The number of H-pyrrole nitrogens is 1. The van der Waals surface area contributed by atoms with E-state index in [9.17, 15) is 14.7 Å². The maximum atomic E-state index is 12.1. The number of aliphatic carboxylic acids is 1. The molecule has 0 radical (unpaired) electrons. The van der Waals surface area contributed by atoms with Crippen molar-refractivity contribution < 1.29 is 14.7 Å². The summed E-state index contributed by atoms with van der Waals surface area (Å²) in [5, 5.41) is 13.2. The SMILES string of the molecule is CCC(CC)(CNC(=O)Cc1c[nH]c2ccccc12)C(=O)O. The fraction of sp³-hybridized carbons (Fsp3) is 0.412. The van der Waals surface area contributed by atoms with E-state index in [1.807, 2.05) is 44.3 Å². The van der Waals surface area contributed by atoms with Gasteiger partial charge in [0.2, 0.25) is 5.91 Å². The highest BCUT2D eigenvalue weighted by molar-refractivity contribution is 5.89. The van der Waals surface area contributed by atoms with Crippen LogP contribution >= 0.6 is 0 Å². The average Bonchev–Trinajstić information content (AvgIpc) is 2.92. The molecular weight excluding hydrogens is 280 g/mol. The fourth-order valence-corrected chi connectivity index (χ4v) is 2.66. The van der Waals surface area contributed by atoms with Gasteiger partial charge in [-0.1, -0.05) is 32.0 Å². The Hall–Kier alpha value is -2.30. The molecule has 0 atom stereocenters. The largest absolute Gasteiger partial charge is 0.481 e. The number of aromatic nitrogens is 1. The van der Waals surface area contributed by atoms with Crippen molar-refractivity contribution in [2.75, 3.05) is 6.54 Å². The van der Waals surface area contributed by atoms with Gasteiger partial charge in [-0.25, -0.2) is 0 Å². The zero-order valence-corrected chi connectivity index (χ0v) is 13.0. The van der Waals surface area contributed by atoms with E-state index in [4.69, 9.17) is 0 Å². The predicted molar refractivity (Wildman–Crippen MR) is 85.7 cm³/mol. The molecule has 0 saturated carbocycles. The summed E-state index contributed by atoms with van der Waals surface area (Å²) in [5.74, 6) is -1.01. The van der Waals surface area contributed by atoms with E-state index in [1.165, 1.54) is 0 Å². The number of benzene rings is 1. The molecular formula is C17H22N2O3. The number of amides is 1. The summed E-state index contributed by atoms with van der Waals surface area (Å²) in [6, 6.07) is 7.79. The van der Waals surface area contributed by atoms with E-state index in [0.717, 1.165) is 16.5 Å². The smallest absolute Gasteiger partial charge is 0.311 e. The lowest BCUT2D eigenvalue weighted by Gasteiger charge is -2.26. The van der Waals surface area contributed by atoms with Crippen molar-refractivity contribution in [3.8, 4) is 0 Å². The van der Waals surface area contributed by atoms with E-state index in [2.05, 4.69) is 10.3 Å². The molecule has 0 spiro atoms. The molecule has 0 aliphatic carbocycles. The Balaban J connectivity index is 2.03. The van der Waals surface area contributed by atoms with Crippen molar-refractivity contribution in [1.29, 1.82) is 0 Å². The number of aromatic amines is 1. The second-order valence-corrected chi connectivity index (χ2v) is 5.61. The van der Waals surface area contributed by atoms with Gasteiger partial charge in [0.1, 0.15) is 0 Å². The molecule has 0 saturated heterocycles. The molecule has 118 valence electrons. The minimum atomic E-state index is -0.879. The molecule has 2 rings (SSSR count). The van der Waals surface area contributed by atoms with Gasteiger partial charge >= 0.3 is 5.97 Å². The van der Waals surface area contributed by atoms with Crippen molar-refractivity contribution in [3.63, 3.8) is 0 Å². The van der Waals surface area contributed by atoms with E-state index in [0.29, 0.717) is 12.8 Å². The third-order valence-corrected chi connectivity index (χ3v) is 4.46. The zero-order chi connectivity index (χ0) is 16.2.